The highest BCUT2D eigenvalue weighted by molar-refractivity contribution is 5.93. The highest BCUT2D eigenvalue weighted by Gasteiger charge is 2.08. The van der Waals surface area contributed by atoms with Crippen molar-refractivity contribution in [3.8, 4) is 17.2 Å². The third-order valence-electron chi connectivity index (χ3n) is 4.26. The van der Waals surface area contributed by atoms with E-state index in [0.717, 1.165) is 22.2 Å². The molecule has 3 aromatic rings. The fourth-order valence-corrected chi connectivity index (χ4v) is 2.81. The van der Waals surface area contributed by atoms with Gasteiger partial charge in [-0.1, -0.05) is 6.07 Å². The minimum absolute atomic E-state index is 0.0700. The van der Waals surface area contributed by atoms with Gasteiger partial charge in [-0.2, -0.15) is 0 Å². The molecule has 1 aromatic heterocycles. The first-order chi connectivity index (χ1) is 13.1. The highest BCUT2D eigenvalue weighted by atomic mass is 16.5. The zero-order valence-electron chi connectivity index (χ0n) is 15.6. The Labute approximate surface area is 158 Å². The van der Waals surface area contributed by atoms with Crippen LogP contribution in [0.1, 0.15) is 12.0 Å². The van der Waals surface area contributed by atoms with Crippen LogP contribution in [0.5, 0.6) is 17.2 Å². The lowest BCUT2D eigenvalue weighted by Crippen LogP contribution is -2.12. The van der Waals surface area contributed by atoms with Gasteiger partial charge in [-0.15, -0.1) is 0 Å². The second-order valence-corrected chi connectivity index (χ2v) is 6.02. The van der Waals surface area contributed by atoms with Crippen LogP contribution in [0.2, 0.25) is 0 Å². The van der Waals surface area contributed by atoms with E-state index in [-0.39, 0.29) is 5.91 Å². The molecule has 0 unspecified atom stereocenters. The van der Waals surface area contributed by atoms with Gasteiger partial charge in [0.2, 0.25) is 5.91 Å². The SMILES string of the molecule is COc1ccc2cc(NC(=O)CCc3ccc(OC)c(OC)c3)cnc2c1. The summed E-state index contributed by atoms with van der Waals surface area (Å²) in [5.41, 5.74) is 2.49. The number of aromatic nitrogens is 1. The number of hydrogen-bond acceptors (Lipinski definition) is 5. The van der Waals surface area contributed by atoms with Gasteiger partial charge < -0.3 is 19.5 Å². The molecule has 1 heterocycles. The summed E-state index contributed by atoms with van der Waals surface area (Å²) >= 11 is 0. The quantitative estimate of drug-likeness (QED) is 0.688. The summed E-state index contributed by atoms with van der Waals surface area (Å²) in [5.74, 6) is 2.01. The molecule has 140 valence electrons. The Bertz CT molecular complexity index is 956. The minimum Gasteiger partial charge on any atom is -0.497 e. The molecular weight excluding hydrogens is 344 g/mol. The van der Waals surface area contributed by atoms with E-state index in [9.17, 15) is 4.79 Å². The molecule has 0 saturated carbocycles. The van der Waals surface area contributed by atoms with Crippen molar-refractivity contribution in [2.75, 3.05) is 26.6 Å². The first kappa shape index (κ1) is 18.5. The molecule has 6 nitrogen and oxygen atoms in total. The molecule has 0 aliphatic rings. The van der Waals surface area contributed by atoms with Crippen molar-refractivity contribution in [3.05, 3.63) is 54.2 Å². The van der Waals surface area contributed by atoms with E-state index in [1.165, 1.54) is 0 Å². The molecule has 27 heavy (non-hydrogen) atoms. The number of aryl methyl sites for hydroxylation is 1. The number of rotatable bonds is 7. The third kappa shape index (κ3) is 4.47. The van der Waals surface area contributed by atoms with Crippen LogP contribution in [0.4, 0.5) is 5.69 Å². The Hall–Kier alpha value is -3.28. The molecule has 0 bridgehead atoms. The maximum absolute atomic E-state index is 12.3. The molecule has 0 atom stereocenters. The van der Waals surface area contributed by atoms with E-state index < -0.39 is 0 Å². The van der Waals surface area contributed by atoms with E-state index in [0.29, 0.717) is 30.0 Å². The van der Waals surface area contributed by atoms with Gasteiger partial charge in [-0.3, -0.25) is 9.78 Å². The number of anilines is 1. The topological polar surface area (TPSA) is 69.7 Å². The number of ether oxygens (including phenoxy) is 3. The molecule has 6 heteroatoms. The van der Waals surface area contributed by atoms with Crippen molar-refractivity contribution in [3.63, 3.8) is 0 Å². The van der Waals surface area contributed by atoms with Crippen LogP contribution in [-0.2, 0) is 11.2 Å². The van der Waals surface area contributed by atoms with Gasteiger partial charge in [-0.05, 0) is 42.3 Å². The summed E-state index contributed by atoms with van der Waals surface area (Å²) < 4.78 is 15.7. The maximum atomic E-state index is 12.3. The largest absolute Gasteiger partial charge is 0.497 e. The van der Waals surface area contributed by atoms with Crippen molar-refractivity contribution in [1.29, 1.82) is 0 Å². The molecule has 1 N–H and O–H groups in total. The minimum atomic E-state index is -0.0700. The number of nitrogens with one attached hydrogen (secondary N) is 1. The van der Waals surface area contributed by atoms with Crippen LogP contribution in [0, 0.1) is 0 Å². The summed E-state index contributed by atoms with van der Waals surface area (Å²) in [7, 11) is 4.81. The van der Waals surface area contributed by atoms with Crippen molar-refractivity contribution < 1.29 is 19.0 Å². The fourth-order valence-electron chi connectivity index (χ4n) is 2.81. The van der Waals surface area contributed by atoms with Crippen LogP contribution in [0.3, 0.4) is 0 Å². The van der Waals surface area contributed by atoms with E-state index in [2.05, 4.69) is 10.3 Å². The monoisotopic (exact) mass is 366 g/mol. The number of hydrogen-bond donors (Lipinski definition) is 1. The second-order valence-electron chi connectivity index (χ2n) is 6.02. The molecule has 0 radical (unpaired) electrons. The van der Waals surface area contributed by atoms with Crippen LogP contribution >= 0.6 is 0 Å². The first-order valence-electron chi connectivity index (χ1n) is 8.57. The van der Waals surface area contributed by atoms with Gasteiger partial charge in [0.05, 0.1) is 38.7 Å². The van der Waals surface area contributed by atoms with Crippen molar-refractivity contribution in [2.24, 2.45) is 0 Å². The zero-order chi connectivity index (χ0) is 19.2. The predicted molar refractivity (Wildman–Crippen MR) is 105 cm³/mol. The molecule has 1 amide bonds. The normalized spacial score (nSPS) is 10.5. The van der Waals surface area contributed by atoms with E-state index in [1.807, 2.05) is 42.5 Å². The Morgan fingerprint density at radius 2 is 1.78 bits per heavy atom. The van der Waals surface area contributed by atoms with Gasteiger partial charge in [0.25, 0.3) is 0 Å². The van der Waals surface area contributed by atoms with Gasteiger partial charge in [0.15, 0.2) is 11.5 Å². The van der Waals surface area contributed by atoms with Crippen molar-refractivity contribution in [1.82, 2.24) is 4.98 Å². The molecule has 0 fully saturated rings. The predicted octanol–water partition coefficient (Wildman–Crippen LogP) is 3.83. The fraction of sp³-hybridized carbons (Fsp3) is 0.238. The summed E-state index contributed by atoms with van der Waals surface area (Å²) in [6.45, 7) is 0. The molecular formula is C21H22N2O4. The van der Waals surface area contributed by atoms with Gasteiger partial charge in [-0.25, -0.2) is 0 Å². The van der Waals surface area contributed by atoms with Gasteiger partial charge in [0, 0.05) is 17.9 Å². The lowest BCUT2D eigenvalue weighted by Gasteiger charge is -2.10. The number of benzene rings is 2. The average molecular weight is 366 g/mol. The summed E-state index contributed by atoms with van der Waals surface area (Å²) in [4.78, 5) is 16.7. The number of methoxy groups -OCH3 is 3. The molecule has 0 spiro atoms. The summed E-state index contributed by atoms with van der Waals surface area (Å²) in [6.07, 6.45) is 2.61. The Kier molecular flexibility index (Phi) is 5.76. The number of nitrogens with zero attached hydrogens (tertiary/aromatic N) is 1. The standard InChI is InChI=1S/C21H22N2O4/c1-25-17-7-6-15-11-16(13-22-18(15)12-17)23-21(24)9-5-14-4-8-19(26-2)20(10-14)27-3/h4,6-8,10-13H,5,9H2,1-3H3,(H,23,24). The van der Waals surface area contributed by atoms with Crippen LogP contribution < -0.4 is 19.5 Å². The van der Waals surface area contributed by atoms with E-state index in [4.69, 9.17) is 14.2 Å². The van der Waals surface area contributed by atoms with Crippen LogP contribution in [-0.4, -0.2) is 32.2 Å². The lowest BCUT2D eigenvalue weighted by molar-refractivity contribution is -0.116. The highest BCUT2D eigenvalue weighted by Crippen LogP contribution is 2.28. The second kappa shape index (κ2) is 8.40. The molecule has 3 rings (SSSR count). The Morgan fingerprint density at radius 3 is 2.52 bits per heavy atom. The first-order valence-corrected chi connectivity index (χ1v) is 8.57. The number of pyridine rings is 1. The number of carbonyl (C=O) groups excluding carboxylic acids is 1. The number of amides is 1. The van der Waals surface area contributed by atoms with Crippen LogP contribution in [0.15, 0.2) is 48.7 Å². The molecule has 0 aliphatic heterocycles. The number of fused-ring (bicyclic) bond motifs is 1. The van der Waals surface area contributed by atoms with Crippen molar-refractivity contribution in [2.45, 2.75) is 12.8 Å². The summed E-state index contributed by atoms with van der Waals surface area (Å²) in [5, 5.41) is 3.83. The third-order valence-corrected chi connectivity index (χ3v) is 4.26. The molecule has 0 saturated heterocycles. The average Bonchev–Trinajstić information content (AvgIpc) is 2.71. The van der Waals surface area contributed by atoms with E-state index >= 15 is 0 Å². The van der Waals surface area contributed by atoms with E-state index in [1.54, 1.807) is 27.5 Å². The molecule has 0 aliphatic carbocycles. The Morgan fingerprint density at radius 1 is 0.963 bits per heavy atom. The van der Waals surface area contributed by atoms with Crippen LogP contribution in [0.25, 0.3) is 10.9 Å². The lowest BCUT2D eigenvalue weighted by atomic mass is 10.1. The smallest absolute Gasteiger partial charge is 0.224 e. The van der Waals surface area contributed by atoms with Crippen molar-refractivity contribution >= 4 is 22.5 Å². The van der Waals surface area contributed by atoms with Gasteiger partial charge >= 0.3 is 0 Å². The summed E-state index contributed by atoms with van der Waals surface area (Å²) in [6, 6.07) is 13.2. The zero-order valence-corrected chi connectivity index (χ0v) is 15.6. The Balaban J connectivity index is 1.63. The maximum Gasteiger partial charge on any atom is 0.224 e. The number of carbonyl (C=O) groups is 1. The van der Waals surface area contributed by atoms with Gasteiger partial charge in [0.1, 0.15) is 5.75 Å². The molecule has 2 aromatic carbocycles.